The van der Waals surface area contributed by atoms with Gasteiger partial charge in [-0.15, -0.1) is 11.3 Å². The topological polar surface area (TPSA) is 57.4 Å². The fraction of sp³-hybridized carbons (Fsp3) is 0.167. The Kier molecular flexibility index (Phi) is 6.34. The number of hydrogen-bond acceptors (Lipinski definition) is 4. The third kappa shape index (κ3) is 5.13. The van der Waals surface area contributed by atoms with E-state index in [9.17, 15) is 4.79 Å². The monoisotopic (exact) mass is 449 g/mol. The average molecular weight is 450 g/mol. The van der Waals surface area contributed by atoms with Crippen LogP contribution in [0.2, 0.25) is 0 Å². The Bertz CT molecular complexity index is 1250. The molecular formula is C24H23N3O2S2. The maximum atomic E-state index is 12.8. The number of aromatic amines is 1. The van der Waals surface area contributed by atoms with E-state index in [2.05, 4.69) is 16.4 Å². The number of fused-ring (bicyclic) bond motifs is 1. The Labute approximate surface area is 190 Å². The van der Waals surface area contributed by atoms with Crippen molar-refractivity contribution in [2.24, 2.45) is 0 Å². The molecule has 0 radical (unpaired) electrons. The van der Waals surface area contributed by atoms with Gasteiger partial charge in [-0.05, 0) is 67.0 Å². The third-order valence-electron chi connectivity index (χ3n) is 5.01. The minimum absolute atomic E-state index is 0.119. The van der Waals surface area contributed by atoms with E-state index in [4.69, 9.17) is 17.0 Å². The van der Waals surface area contributed by atoms with Crippen molar-refractivity contribution in [3.63, 3.8) is 0 Å². The number of aromatic nitrogens is 1. The SMILES string of the molecule is COc1ccc2[nH]c(=O)c(CN(Cc3cccs3)C(=S)Nc3ccc(C)cc3)cc2c1. The molecule has 31 heavy (non-hydrogen) atoms. The molecule has 0 spiro atoms. The number of hydrogen-bond donors (Lipinski definition) is 2. The molecule has 2 N–H and O–H groups in total. The molecule has 0 unspecified atom stereocenters. The number of thiocarbonyl (C=S) groups is 1. The molecule has 4 rings (SSSR count). The van der Waals surface area contributed by atoms with Crippen molar-refractivity contribution < 1.29 is 4.74 Å². The molecule has 0 atom stereocenters. The van der Waals surface area contributed by atoms with Crippen molar-refractivity contribution in [3.8, 4) is 5.75 Å². The molecule has 0 aliphatic rings. The van der Waals surface area contributed by atoms with Gasteiger partial charge in [-0.3, -0.25) is 4.79 Å². The van der Waals surface area contributed by atoms with Crippen LogP contribution in [0, 0.1) is 6.92 Å². The minimum Gasteiger partial charge on any atom is -0.497 e. The van der Waals surface area contributed by atoms with Crippen molar-refractivity contribution >= 4 is 45.3 Å². The summed E-state index contributed by atoms with van der Waals surface area (Å²) < 4.78 is 5.32. The van der Waals surface area contributed by atoms with E-state index in [1.807, 2.05) is 71.8 Å². The van der Waals surface area contributed by atoms with Crippen LogP contribution in [-0.2, 0) is 13.1 Å². The lowest BCUT2D eigenvalue weighted by atomic mass is 10.1. The van der Waals surface area contributed by atoms with Gasteiger partial charge in [-0.1, -0.05) is 23.8 Å². The molecule has 2 heterocycles. The Morgan fingerprint density at radius 1 is 1.13 bits per heavy atom. The first-order valence-corrected chi connectivity index (χ1v) is 11.2. The van der Waals surface area contributed by atoms with Crippen LogP contribution >= 0.6 is 23.6 Å². The third-order valence-corrected chi connectivity index (χ3v) is 6.23. The average Bonchev–Trinajstić information content (AvgIpc) is 3.28. The van der Waals surface area contributed by atoms with Crippen LogP contribution in [0.1, 0.15) is 16.0 Å². The minimum atomic E-state index is -0.119. The van der Waals surface area contributed by atoms with E-state index in [0.717, 1.165) is 22.3 Å². The quantitative estimate of drug-likeness (QED) is 0.391. The molecule has 0 saturated heterocycles. The van der Waals surface area contributed by atoms with Crippen molar-refractivity contribution in [1.29, 1.82) is 0 Å². The molecule has 158 valence electrons. The number of thiophene rings is 1. The lowest BCUT2D eigenvalue weighted by Crippen LogP contribution is -2.35. The molecular weight excluding hydrogens is 426 g/mol. The van der Waals surface area contributed by atoms with Gasteiger partial charge < -0.3 is 19.9 Å². The summed E-state index contributed by atoms with van der Waals surface area (Å²) in [5.41, 5.74) is 3.41. The Balaban J connectivity index is 1.63. The van der Waals surface area contributed by atoms with E-state index < -0.39 is 0 Å². The summed E-state index contributed by atoms with van der Waals surface area (Å²) in [5.74, 6) is 0.748. The summed E-state index contributed by atoms with van der Waals surface area (Å²) in [5, 5.41) is 6.84. The number of nitrogens with one attached hydrogen (secondary N) is 2. The fourth-order valence-electron chi connectivity index (χ4n) is 3.31. The van der Waals surface area contributed by atoms with Gasteiger partial charge in [-0.25, -0.2) is 0 Å². The first-order chi connectivity index (χ1) is 15.0. The second-order valence-corrected chi connectivity index (χ2v) is 8.73. The van der Waals surface area contributed by atoms with Crippen LogP contribution in [0.3, 0.4) is 0 Å². The fourth-order valence-corrected chi connectivity index (χ4v) is 4.28. The number of pyridine rings is 1. The Hall–Kier alpha value is -3.16. The number of ether oxygens (including phenoxy) is 1. The van der Waals surface area contributed by atoms with Gasteiger partial charge in [0.2, 0.25) is 0 Å². The molecule has 0 aliphatic heterocycles. The van der Waals surface area contributed by atoms with Crippen LogP contribution in [0.25, 0.3) is 10.9 Å². The Morgan fingerprint density at radius 3 is 2.65 bits per heavy atom. The lowest BCUT2D eigenvalue weighted by Gasteiger charge is -2.25. The molecule has 0 fully saturated rings. The molecule has 0 amide bonds. The molecule has 7 heteroatoms. The van der Waals surface area contributed by atoms with Gasteiger partial charge in [0, 0.05) is 27.0 Å². The van der Waals surface area contributed by atoms with Gasteiger partial charge >= 0.3 is 0 Å². The summed E-state index contributed by atoms with van der Waals surface area (Å²) in [4.78, 5) is 18.9. The standard InChI is InChI=1S/C24H23N3O2S2/c1-16-5-7-19(8-6-16)25-24(30)27(15-21-4-3-11-31-21)14-18-12-17-13-20(29-2)9-10-22(17)26-23(18)28/h3-13H,14-15H2,1-2H3,(H,25,30)(H,26,28). The van der Waals surface area contributed by atoms with E-state index >= 15 is 0 Å². The molecule has 0 bridgehead atoms. The number of rotatable bonds is 6. The van der Waals surface area contributed by atoms with Gasteiger partial charge in [-0.2, -0.15) is 0 Å². The second-order valence-electron chi connectivity index (χ2n) is 7.31. The predicted octanol–water partition coefficient (Wildman–Crippen LogP) is 5.31. The van der Waals surface area contributed by atoms with E-state index in [1.54, 1.807) is 18.4 Å². The number of methoxy groups -OCH3 is 1. The van der Waals surface area contributed by atoms with E-state index in [-0.39, 0.29) is 5.56 Å². The van der Waals surface area contributed by atoms with Gasteiger partial charge in [0.25, 0.3) is 5.56 Å². The zero-order valence-corrected chi connectivity index (χ0v) is 19.0. The van der Waals surface area contributed by atoms with Crippen LogP contribution in [-0.4, -0.2) is 22.1 Å². The molecule has 4 aromatic rings. The van der Waals surface area contributed by atoms with Crippen molar-refractivity contribution in [2.75, 3.05) is 12.4 Å². The van der Waals surface area contributed by atoms with Crippen LogP contribution in [0.5, 0.6) is 5.75 Å². The summed E-state index contributed by atoms with van der Waals surface area (Å²) in [6.07, 6.45) is 0. The van der Waals surface area contributed by atoms with Crippen molar-refractivity contribution in [2.45, 2.75) is 20.0 Å². The first-order valence-electron chi connectivity index (χ1n) is 9.87. The smallest absolute Gasteiger partial charge is 0.253 e. The largest absolute Gasteiger partial charge is 0.497 e. The highest BCUT2D eigenvalue weighted by molar-refractivity contribution is 7.80. The highest BCUT2D eigenvalue weighted by atomic mass is 32.1. The first kappa shape index (κ1) is 21.1. The molecule has 2 aromatic carbocycles. The van der Waals surface area contributed by atoms with E-state index in [1.165, 1.54) is 10.4 Å². The normalized spacial score (nSPS) is 10.8. The van der Waals surface area contributed by atoms with Gasteiger partial charge in [0.05, 0.1) is 20.2 Å². The summed E-state index contributed by atoms with van der Waals surface area (Å²) >= 11 is 7.40. The van der Waals surface area contributed by atoms with Crippen LogP contribution in [0.15, 0.2) is 70.8 Å². The summed E-state index contributed by atoms with van der Waals surface area (Å²) in [7, 11) is 1.63. The second kappa shape index (κ2) is 9.32. The maximum Gasteiger partial charge on any atom is 0.253 e. The van der Waals surface area contributed by atoms with Gasteiger partial charge in [0.15, 0.2) is 5.11 Å². The highest BCUT2D eigenvalue weighted by Gasteiger charge is 2.15. The van der Waals surface area contributed by atoms with Crippen molar-refractivity contribution in [1.82, 2.24) is 9.88 Å². The molecule has 0 aliphatic carbocycles. The maximum absolute atomic E-state index is 12.8. The number of nitrogens with zero attached hydrogens (tertiary/aromatic N) is 1. The number of anilines is 1. The van der Waals surface area contributed by atoms with Crippen LogP contribution < -0.4 is 15.6 Å². The Morgan fingerprint density at radius 2 is 1.94 bits per heavy atom. The van der Waals surface area contributed by atoms with Crippen LogP contribution in [0.4, 0.5) is 5.69 Å². The zero-order valence-electron chi connectivity index (χ0n) is 17.3. The lowest BCUT2D eigenvalue weighted by molar-refractivity contribution is 0.414. The molecule has 0 saturated carbocycles. The van der Waals surface area contributed by atoms with E-state index in [0.29, 0.717) is 23.8 Å². The molecule has 5 nitrogen and oxygen atoms in total. The summed E-state index contributed by atoms with van der Waals surface area (Å²) in [6.45, 7) is 3.05. The zero-order chi connectivity index (χ0) is 21.8. The van der Waals surface area contributed by atoms with Crippen molar-refractivity contribution in [3.05, 3.63) is 92.4 Å². The van der Waals surface area contributed by atoms with Gasteiger partial charge in [0.1, 0.15) is 5.75 Å². The predicted molar refractivity (Wildman–Crippen MR) is 132 cm³/mol. The molecule has 2 aromatic heterocycles. The summed E-state index contributed by atoms with van der Waals surface area (Å²) in [6, 6.07) is 19.7. The highest BCUT2D eigenvalue weighted by Crippen LogP contribution is 2.21. The number of H-pyrrole nitrogens is 1. The number of benzene rings is 2. The number of aryl methyl sites for hydroxylation is 1.